The van der Waals surface area contributed by atoms with Gasteiger partial charge in [-0.3, -0.25) is 0 Å². The van der Waals surface area contributed by atoms with Gasteiger partial charge in [0.15, 0.2) is 0 Å². The molecule has 3 aliphatic rings. The van der Waals surface area contributed by atoms with E-state index in [1.54, 1.807) is 11.9 Å². The van der Waals surface area contributed by atoms with Crippen molar-refractivity contribution in [3.63, 3.8) is 0 Å². The molecule has 1 saturated heterocycles. The molecule has 8 heteroatoms. The Labute approximate surface area is 168 Å². The van der Waals surface area contributed by atoms with Crippen LogP contribution in [0.4, 0.5) is 9.18 Å². The van der Waals surface area contributed by atoms with E-state index in [4.69, 9.17) is 4.74 Å². The van der Waals surface area contributed by atoms with Crippen molar-refractivity contribution >= 4 is 31.8 Å². The molecule has 0 aromatic heterocycles. The number of ether oxygens (including phenoxy) is 1. The summed E-state index contributed by atoms with van der Waals surface area (Å²) in [5.74, 6) is 0.521. The molecule has 0 aliphatic carbocycles. The number of hydrogen-bond acceptors (Lipinski definition) is 4. The average Bonchev–Trinajstić information content (AvgIpc) is 2.67. The third-order valence-corrected chi connectivity index (χ3v) is 8.25. The topological polar surface area (TPSA) is 66.0 Å². The van der Waals surface area contributed by atoms with E-state index in [0.717, 1.165) is 41.2 Å². The fourth-order valence-electron chi connectivity index (χ4n) is 3.70. The van der Waals surface area contributed by atoms with E-state index < -0.39 is 0 Å². The number of nitrogens with one attached hydrogen (secondary N) is 2. The minimum atomic E-state index is -0.244. The predicted molar refractivity (Wildman–Crippen MR) is 106 cm³/mol. The van der Waals surface area contributed by atoms with Crippen LogP contribution in [0.2, 0.25) is 4.71 Å². The number of halogens is 1. The van der Waals surface area contributed by atoms with E-state index >= 15 is 0 Å². The molecule has 28 heavy (non-hydrogen) atoms. The van der Waals surface area contributed by atoms with Crippen molar-refractivity contribution in [3.05, 3.63) is 47.8 Å². The Morgan fingerprint density at radius 2 is 2.04 bits per heavy atom. The molecule has 1 atom stereocenters. The predicted octanol–water partition coefficient (Wildman–Crippen LogP) is 1.66. The van der Waals surface area contributed by atoms with Gasteiger partial charge in [-0.25, -0.2) is 0 Å². The van der Waals surface area contributed by atoms with Crippen molar-refractivity contribution in [2.24, 2.45) is 5.10 Å². The van der Waals surface area contributed by atoms with Crippen LogP contribution in [0.15, 0.2) is 41.5 Å². The van der Waals surface area contributed by atoms with Gasteiger partial charge in [0.05, 0.1) is 0 Å². The molecule has 3 heterocycles. The van der Waals surface area contributed by atoms with E-state index in [0.29, 0.717) is 11.3 Å². The van der Waals surface area contributed by atoms with Crippen molar-refractivity contribution in [2.45, 2.75) is 10.7 Å². The first kappa shape index (κ1) is 17.7. The Kier molecular flexibility index (Phi) is 4.37. The first-order valence-corrected chi connectivity index (χ1v) is 11.2. The number of benzene rings is 2. The summed E-state index contributed by atoms with van der Waals surface area (Å²) in [6.07, 6.45) is 0. The van der Waals surface area contributed by atoms with Gasteiger partial charge in [-0.15, -0.1) is 0 Å². The molecule has 3 aliphatic heterocycles. The van der Waals surface area contributed by atoms with E-state index in [-0.39, 0.29) is 33.6 Å². The monoisotopic (exact) mass is 441 g/mol. The Hall–Kier alpha value is -2.37. The van der Waals surface area contributed by atoms with Gasteiger partial charge < -0.3 is 0 Å². The molecule has 0 saturated carbocycles. The number of urea groups is 1. The molecule has 6 nitrogen and oxygen atoms in total. The van der Waals surface area contributed by atoms with Crippen LogP contribution in [0, 0.1) is 5.82 Å². The fraction of sp³-hybridized carbons (Fsp3) is 0.300. The molecule has 1 fully saturated rings. The van der Waals surface area contributed by atoms with Crippen LogP contribution >= 0.6 is 0 Å². The number of fused-ring (bicyclic) bond motifs is 3. The number of hydrogen-bond donors (Lipinski definition) is 2. The minimum absolute atomic E-state index is 0.0721. The van der Waals surface area contributed by atoms with Crippen LogP contribution in [-0.4, -0.2) is 59.1 Å². The van der Waals surface area contributed by atoms with Gasteiger partial charge in [-0.2, -0.15) is 0 Å². The molecule has 0 spiro atoms. The van der Waals surface area contributed by atoms with Crippen LogP contribution < -0.4 is 19.8 Å². The number of hydrazone groups is 1. The second-order valence-electron chi connectivity index (χ2n) is 7.18. The molecule has 0 bridgehead atoms. The van der Waals surface area contributed by atoms with Crippen LogP contribution in [0.1, 0.15) is 11.6 Å². The summed E-state index contributed by atoms with van der Waals surface area (Å²) in [6, 6.07) is 10.4. The first-order valence-electron chi connectivity index (χ1n) is 9.17. The molecule has 143 valence electrons. The second-order valence-corrected chi connectivity index (χ2v) is 10.3. The van der Waals surface area contributed by atoms with E-state index in [9.17, 15) is 9.18 Å². The summed E-state index contributed by atoms with van der Waals surface area (Å²) in [7, 11) is 1.78. The molecule has 1 radical (unpaired) electrons. The summed E-state index contributed by atoms with van der Waals surface area (Å²) in [5.41, 5.74) is 6.38. The van der Waals surface area contributed by atoms with Crippen molar-refractivity contribution in [1.29, 1.82) is 0 Å². The van der Waals surface area contributed by atoms with Crippen molar-refractivity contribution in [3.8, 4) is 16.9 Å². The summed E-state index contributed by atoms with van der Waals surface area (Å²) in [4.78, 5) is 13.8. The van der Waals surface area contributed by atoms with Crippen molar-refractivity contribution in [1.82, 2.24) is 15.6 Å². The summed E-state index contributed by atoms with van der Waals surface area (Å²) in [6.45, 7) is 2.41. The summed E-state index contributed by atoms with van der Waals surface area (Å²) < 4.78 is 21.4. The van der Waals surface area contributed by atoms with Gasteiger partial charge in [0.1, 0.15) is 0 Å². The Balaban J connectivity index is 1.63. The maximum absolute atomic E-state index is 13.4. The zero-order valence-electron chi connectivity index (χ0n) is 15.3. The normalized spacial score (nSPS) is 21.5. The molecule has 2 aromatic rings. The van der Waals surface area contributed by atoms with Crippen LogP contribution in [0.25, 0.3) is 11.1 Å². The SMILES string of the molecule is CN1C(=O)NN=C2COc3cc(-c4ccc(F)cc4)c([As]C4CNC4)cc3C21. The van der Waals surface area contributed by atoms with Crippen LogP contribution in [-0.2, 0) is 0 Å². The summed E-state index contributed by atoms with van der Waals surface area (Å²) in [5, 5.41) is 7.53. The molecule has 2 N–H and O–H groups in total. The first-order chi connectivity index (χ1) is 13.6. The van der Waals surface area contributed by atoms with Crippen molar-refractivity contribution < 1.29 is 13.9 Å². The third kappa shape index (κ3) is 2.99. The van der Waals surface area contributed by atoms with Gasteiger partial charge in [0.25, 0.3) is 0 Å². The second kappa shape index (κ2) is 6.90. The van der Waals surface area contributed by atoms with Gasteiger partial charge in [-0.1, -0.05) is 0 Å². The number of rotatable bonds is 3. The molecule has 5 rings (SSSR count). The van der Waals surface area contributed by atoms with Crippen LogP contribution in [0.5, 0.6) is 5.75 Å². The zero-order chi connectivity index (χ0) is 19.3. The fourth-order valence-corrected chi connectivity index (χ4v) is 6.60. The standard InChI is InChI=1S/C20H19AsFN4O2/c1-26-19-15-6-16(21-12-8-23-9-12)14(11-2-4-13(22)5-3-11)7-18(15)28-10-17(19)24-25-20(26)27/h2-7,12,19,23H,8-10H2,1H3,(H,25,27). The molecular weight excluding hydrogens is 422 g/mol. The number of nitrogens with zero attached hydrogens (tertiary/aromatic N) is 2. The van der Waals surface area contributed by atoms with Crippen molar-refractivity contribution in [2.75, 3.05) is 26.7 Å². The van der Waals surface area contributed by atoms with Gasteiger partial charge in [0.2, 0.25) is 0 Å². The number of carbonyl (C=O) groups is 1. The third-order valence-electron chi connectivity index (χ3n) is 5.35. The number of carbonyl (C=O) groups excluding carboxylic acids is 1. The van der Waals surface area contributed by atoms with Gasteiger partial charge in [-0.05, 0) is 0 Å². The Morgan fingerprint density at radius 1 is 1.25 bits per heavy atom. The summed E-state index contributed by atoms with van der Waals surface area (Å²) >= 11 is -0.0721. The molecule has 2 amide bonds. The Morgan fingerprint density at radius 3 is 2.75 bits per heavy atom. The maximum atomic E-state index is 13.4. The zero-order valence-corrected chi connectivity index (χ0v) is 17.2. The Bertz CT molecular complexity index is 975. The van der Waals surface area contributed by atoms with Crippen LogP contribution in [0.3, 0.4) is 0 Å². The number of amides is 2. The van der Waals surface area contributed by atoms with E-state index in [1.807, 2.05) is 12.1 Å². The van der Waals surface area contributed by atoms with E-state index in [2.05, 4.69) is 28.0 Å². The van der Waals surface area contributed by atoms with Gasteiger partial charge >= 0.3 is 169 Å². The van der Waals surface area contributed by atoms with Gasteiger partial charge in [0, 0.05) is 0 Å². The quantitative estimate of drug-likeness (QED) is 0.713. The molecule has 2 aromatic carbocycles. The van der Waals surface area contributed by atoms with E-state index in [1.165, 1.54) is 16.5 Å². The molecule has 1 unspecified atom stereocenters. The average molecular weight is 441 g/mol. The molecular formula is C20H19AsFN4O2.